The van der Waals surface area contributed by atoms with Crippen LogP contribution in [0, 0.1) is 17.8 Å². The Hall–Kier alpha value is -3.79. The molecule has 2 aromatic rings. The Morgan fingerprint density at radius 3 is 2.53 bits per heavy atom. The Labute approximate surface area is 211 Å². The first-order chi connectivity index (χ1) is 17.5. The molecule has 3 aliphatic heterocycles. The van der Waals surface area contributed by atoms with Crippen molar-refractivity contribution in [1.29, 1.82) is 0 Å². The van der Waals surface area contributed by atoms with Crippen molar-refractivity contribution in [3.63, 3.8) is 0 Å². The summed E-state index contributed by atoms with van der Waals surface area (Å²) in [5.74, 6) is 6.12. The first kappa shape index (κ1) is 23.9. The van der Waals surface area contributed by atoms with Crippen molar-refractivity contribution in [1.82, 2.24) is 15.1 Å². The van der Waals surface area contributed by atoms with Gasteiger partial charge in [0.25, 0.3) is 11.8 Å². The van der Waals surface area contributed by atoms with Gasteiger partial charge in [0.05, 0.1) is 6.54 Å². The van der Waals surface area contributed by atoms with Crippen LogP contribution in [0.1, 0.15) is 37.3 Å². The van der Waals surface area contributed by atoms with E-state index >= 15 is 0 Å². The fourth-order valence-electron chi connectivity index (χ4n) is 5.70. The number of fused-ring (bicyclic) bond motifs is 1. The molecule has 0 radical (unpaired) electrons. The van der Waals surface area contributed by atoms with Gasteiger partial charge in [0.15, 0.2) is 6.10 Å². The molecule has 5 rings (SSSR count). The number of carbonyl (C=O) groups is 3. The molecule has 0 aromatic heterocycles. The van der Waals surface area contributed by atoms with Gasteiger partial charge in [-0.15, -0.1) is 5.92 Å². The molecule has 0 bridgehead atoms. The summed E-state index contributed by atoms with van der Waals surface area (Å²) in [4.78, 5) is 42.8. The highest BCUT2D eigenvalue weighted by Gasteiger charge is 2.55. The fraction of sp³-hybridized carbons (Fsp3) is 0.414. The molecule has 2 atom stereocenters. The van der Waals surface area contributed by atoms with Crippen molar-refractivity contribution in [3.8, 4) is 17.6 Å². The number of nitrogens with zero attached hydrogens (tertiary/aromatic N) is 2. The van der Waals surface area contributed by atoms with Crippen LogP contribution in [0.25, 0.3) is 0 Å². The van der Waals surface area contributed by atoms with Gasteiger partial charge < -0.3 is 15.0 Å². The third kappa shape index (κ3) is 4.44. The summed E-state index contributed by atoms with van der Waals surface area (Å²) in [5, 5.41) is 3.07. The zero-order valence-corrected chi connectivity index (χ0v) is 20.5. The van der Waals surface area contributed by atoms with E-state index in [1.807, 2.05) is 59.5 Å². The number of amides is 4. The number of ether oxygens (including phenoxy) is 1. The van der Waals surface area contributed by atoms with Gasteiger partial charge in [-0.3, -0.25) is 14.5 Å². The molecule has 1 N–H and O–H groups in total. The predicted octanol–water partition coefficient (Wildman–Crippen LogP) is 3.18. The van der Waals surface area contributed by atoms with Crippen LogP contribution in [-0.4, -0.2) is 58.9 Å². The lowest BCUT2D eigenvalue weighted by Gasteiger charge is -2.41. The van der Waals surface area contributed by atoms with Crippen molar-refractivity contribution in [2.75, 3.05) is 19.6 Å². The van der Waals surface area contributed by atoms with Crippen LogP contribution in [0.3, 0.4) is 0 Å². The molecule has 7 nitrogen and oxygen atoms in total. The van der Waals surface area contributed by atoms with Crippen molar-refractivity contribution < 1.29 is 19.1 Å². The predicted molar refractivity (Wildman–Crippen MR) is 135 cm³/mol. The van der Waals surface area contributed by atoms with Gasteiger partial charge in [0, 0.05) is 19.5 Å². The van der Waals surface area contributed by atoms with Gasteiger partial charge in [0.1, 0.15) is 11.3 Å². The molecular weight excluding hydrogens is 454 g/mol. The monoisotopic (exact) mass is 485 g/mol. The van der Waals surface area contributed by atoms with Crippen LogP contribution < -0.4 is 10.1 Å². The van der Waals surface area contributed by atoms with E-state index in [-0.39, 0.29) is 30.3 Å². The van der Waals surface area contributed by atoms with Gasteiger partial charge in [-0.05, 0) is 55.7 Å². The molecule has 3 aliphatic rings. The number of carbonyl (C=O) groups excluding carboxylic acids is 3. The highest BCUT2D eigenvalue weighted by molar-refractivity contribution is 6.07. The molecule has 2 fully saturated rings. The summed E-state index contributed by atoms with van der Waals surface area (Å²) in [5.41, 5.74) is 1.19. The Kier molecular flexibility index (Phi) is 6.69. The van der Waals surface area contributed by atoms with Gasteiger partial charge in [-0.1, -0.05) is 54.5 Å². The molecule has 36 heavy (non-hydrogen) atoms. The highest BCUT2D eigenvalue weighted by Crippen LogP contribution is 2.38. The standard InChI is InChI=1S/C29H31N3O4/c1-2-3-17-32-27(34)29(30-28(32)35,16-13-21-9-5-4-6-10-21)23-14-18-31(19-15-23)26(33)25-20-22-11-7-8-12-24(22)36-25/h4-12,23,25H,13-20H2,1H3,(H,30,35)/t25-,29-/m1/s1. The number of aryl methyl sites for hydroxylation is 1. The van der Waals surface area contributed by atoms with Crippen molar-refractivity contribution >= 4 is 17.8 Å². The number of hydrogen-bond acceptors (Lipinski definition) is 4. The second-order valence-electron chi connectivity index (χ2n) is 9.72. The number of nitrogens with one attached hydrogen (secondary N) is 1. The maximum atomic E-state index is 13.7. The van der Waals surface area contributed by atoms with Crippen LogP contribution in [-0.2, 0) is 22.4 Å². The van der Waals surface area contributed by atoms with Crippen molar-refractivity contribution in [3.05, 3.63) is 65.7 Å². The van der Waals surface area contributed by atoms with Crippen LogP contribution in [0.4, 0.5) is 4.79 Å². The summed E-state index contributed by atoms with van der Waals surface area (Å²) in [7, 11) is 0. The molecule has 186 valence electrons. The van der Waals surface area contributed by atoms with Gasteiger partial charge in [-0.2, -0.15) is 0 Å². The molecule has 2 saturated heterocycles. The summed E-state index contributed by atoms with van der Waals surface area (Å²) in [6.07, 6.45) is 2.55. The number of likely N-dealkylation sites (tertiary alicyclic amines) is 1. The Morgan fingerprint density at radius 1 is 1.08 bits per heavy atom. The molecule has 2 aromatic carbocycles. The number of urea groups is 1. The normalized spacial score (nSPS) is 23.5. The number of piperidine rings is 1. The van der Waals surface area contributed by atoms with Crippen molar-refractivity contribution in [2.45, 2.75) is 50.7 Å². The third-order valence-corrected chi connectivity index (χ3v) is 7.69. The Balaban J connectivity index is 1.29. The number of imide groups is 1. The smallest absolute Gasteiger partial charge is 0.325 e. The fourth-order valence-corrected chi connectivity index (χ4v) is 5.70. The molecule has 0 saturated carbocycles. The lowest BCUT2D eigenvalue weighted by Crippen LogP contribution is -2.57. The van der Waals surface area contributed by atoms with Gasteiger partial charge in [0.2, 0.25) is 0 Å². The number of para-hydroxylation sites is 1. The summed E-state index contributed by atoms with van der Waals surface area (Å²) >= 11 is 0. The SMILES string of the molecule is CC#CCN1C(=O)N[C@](CCc2ccccc2)(C2CCN(C(=O)[C@H]3Cc4ccccc4O3)CC2)C1=O. The second-order valence-corrected chi connectivity index (χ2v) is 9.72. The van der Waals surface area contributed by atoms with E-state index in [0.29, 0.717) is 45.2 Å². The van der Waals surface area contributed by atoms with Crippen LogP contribution >= 0.6 is 0 Å². The molecule has 7 heteroatoms. The third-order valence-electron chi connectivity index (χ3n) is 7.69. The summed E-state index contributed by atoms with van der Waals surface area (Å²) in [6.45, 7) is 2.85. The minimum absolute atomic E-state index is 0.00961. The van der Waals surface area contributed by atoms with Gasteiger partial charge in [-0.25, -0.2) is 4.79 Å². The topological polar surface area (TPSA) is 79.0 Å². The zero-order valence-electron chi connectivity index (χ0n) is 20.5. The van der Waals surface area contributed by atoms with Crippen molar-refractivity contribution in [2.24, 2.45) is 5.92 Å². The highest BCUT2D eigenvalue weighted by atomic mass is 16.5. The summed E-state index contributed by atoms with van der Waals surface area (Å²) in [6, 6.07) is 17.4. The molecule has 4 amide bonds. The molecule has 0 unspecified atom stereocenters. The van der Waals surface area contributed by atoms with Crippen LogP contribution in [0.2, 0.25) is 0 Å². The minimum atomic E-state index is -0.989. The lowest BCUT2D eigenvalue weighted by atomic mass is 9.74. The van der Waals surface area contributed by atoms with E-state index < -0.39 is 11.6 Å². The first-order valence-corrected chi connectivity index (χ1v) is 12.6. The zero-order chi connectivity index (χ0) is 25.1. The van der Waals surface area contributed by atoms with E-state index in [9.17, 15) is 14.4 Å². The number of hydrogen-bond donors (Lipinski definition) is 1. The van der Waals surface area contributed by atoms with Crippen LogP contribution in [0.15, 0.2) is 54.6 Å². The van der Waals surface area contributed by atoms with E-state index in [2.05, 4.69) is 17.2 Å². The van der Waals surface area contributed by atoms with Crippen LogP contribution in [0.5, 0.6) is 5.75 Å². The number of benzene rings is 2. The largest absolute Gasteiger partial charge is 0.480 e. The molecule has 3 heterocycles. The molecular formula is C29H31N3O4. The van der Waals surface area contributed by atoms with E-state index in [1.165, 1.54) is 4.90 Å². The first-order valence-electron chi connectivity index (χ1n) is 12.6. The average molecular weight is 486 g/mol. The van der Waals surface area contributed by atoms with Gasteiger partial charge >= 0.3 is 6.03 Å². The summed E-state index contributed by atoms with van der Waals surface area (Å²) < 4.78 is 5.92. The second kappa shape index (κ2) is 10.1. The number of rotatable bonds is 6. The Bertz CT molecular complexity index is 1180. The quantitative estimate of drug-likeness (QED) is 0.504. The molecule has 0 aliphatic carbocycles. The minimum Gasteiger partial charge on any atom is -0.480 e. The average Bonchev–Trinajstić information content (AvgIpc) is 3.45. The van der Waals surface area contributed by atoms with E-state index in [1.54, 1.807) is 6.92 Å². The van der Waals surface area contributed by atoms with E-state index in [4.69, 9.17) is 4.74 Å². The lowest BCUT2D eigenvalue weighted by molar-refractivity contribution is -0.140. The maximum Gasteiger partial charge on any atom is 0.325 e. The van der Waals surface area contributed by atoms with E-state index in [0.717, 1.165) is 16.9 Å². The maximum absolute atomic E-state index is 13.7. The molecule has 0 spiro atoms. The Morgan fingerprint density at radius 2 is 1.81 bits per heavy atom.